The van der Waals surface area contributed by atoms with E-state index in [0.29, 0.717) is 0 Å². The molecule has 0 unspecified atom stereocenters. The van der Waals surface area contributed by atoms with Gasteiger partial charge in [0.15, 0.2) is 0 Å². The molecule has 1 heterocycles. The maximum absolute atomic E-state index is 4.25. The van der Waals surface area contributed by atoms with Crippen molar-refractivity contribution in [1.29, 1.82) is 0 Å². The zero-order chi connectivity index (χ0) is 8.27. The average Bonchev–Trinajstić information content (AvgIpc) is 2.36. The minimum Gasteiger partial charge on any atom is -0.318 e. The predicted molar refractivity (Wildman–Crippen MR) is 46.3 cm³/mol. The van der Waals surface area contributed by atoms with E-state index in [-0.39, 0.29) is 0 Å². The van der Waals surface area contributed by atoms with Gasteiger partial charge in [0.1, 0.15) is 5.82 Å². The van der Waals surface area contributed by atoms with Crippen molar-refractivity contribution in [3.63, 3.8) is 0 Å². The molecule has 0 saturated heterocycles. The second-order valence-electron chi connectivity index (χ2n) is 2.79. The van der Waals surface area contributed by atoms with Crippen molar-refractivity contribution in [3.8, 4) is 0 Å². The van der Waals surface area contributed by atoms with E-state index in [4.69, 9.17) is 0 Å². The van der Waals surface area contributed by atoms with Gasteiger partial charge < -0.3 is 5.01 Å². The van der Waals surface area contributed by atoms with E-state index in [9.17, 15) is 0 Å². The molecule has 0 aliphatic carbocycles. The van der Waals surface area contributed by atoms with Crippen molar-refractivity contribution in [2.75, 3.05) is 19.1 Å². The van der Waals surface area contributed by atoms with Crippen LogP contribution in [0.25, 0.3) is 0 Å². The van der Waals surface area contributed by atoms with Gasteiger partial charge in [-0.05, 0) is 6.42 Å². The fourth-order valence-corrected chi connectivity index (χ4v) is 1.09. The van der Waals surface area contributed by atoms with Crippen LogP contribution in [0.4, 0.5) is 0 Å². The SMILES string of the molecule is CCCc1nccn1N(C)C. The monoisotopic (exact) mass is 153 g/mol. The van der Waals surface area contributed by atoms with E-state index in [2.05, 4.69) is 16.6 Å². The maximum Gasteiger partial charge on any atom is 0.127 e. The Morgan fingerprint density at radius 1 is 1.55 bits per heavy atom. The molecule has 0 atom stereocenters. The Morgan fingerprint density at radius 2 is 2.27 bits per heavy atom. The Hall–Kier alpha value is -0.990. The van der Waals surface area contributed by atoms with E-state index in [1.54, 1.807) is 0 Å². The van der Waals surface area contributed by atoms with Gasteiger partial charge in [0.25, 0.3) is 0 Å². The molecule has 11 heavy (non-hydrogen) atoms. The quantitative estimate of drug-likeness (QED) is 0.646. The summed E-state index contributed by atoms with van der Waals surface area (Å²) >= 11 is 0. The third-order valence-corrected chi connectivity index (χ3v) is 1.60. The van der Waals surface area contributed by atoms with Crippen LogP contribution in [0.1, 0.15) is 19.2 Å². The highest BCUT2D eigenvalue weighted by molar-refractivity contribution is 4.96. The summed E-state index contributed by atoms with van der Waals surface area (Å²) < 4.78 is 2.06. The van der Waals surface area contributed by atoms with Crippen LogP contribution in [-0.2, 0) is 6.42 Å². The summed E-state index contributed by atoms with van der Waals surface area (Å²) in [7, 11) is 4.03. The van der Waals surface area contributed by atoms with E-state index >= 15 is 0 Å². The molecular weight excluding hydrogens is 138 g/mol. The third kappa shape index (κ3) is 1.73. The molecule has 0 aliphatic heterocycles. The number of rotatable bonds is 3. The molecule has 0 N–H and O–H groups in total. The summed E-state index contributed by atoms with van der Waals surface area (Å²) in [5.41, 5.74) is 0. The summed E-state index contributed by atoms with van der Waals surface area (Å²) in [4.78, 5) is 4.25. The van der Waals surface area contributed by atoms with Crippen LogP contribution in [0.15, 0.2) is 12.4 Å². The summed E-state index contributed by atoms with van der Waals surface area (Å²) in [5.74, 6) is 1.14. The van der Waals surface area contributed by atoms with Crippen LogP contribution >= 0.6 is 0 Å². The summed E-state index contributed by atoms with van der Waals surface area (Å²) in [5, 5.41) is 2.03. The number of imidazole rings is 1. The van der Waals surface area contributed by atoms with Gasteiger partial charge in [-0.15, -0.1) is 0 Å². The smallest absolute Gasteiger partial charge is 0.127 e. The Morgan fingerprint density at radius 3 is 2.82 bits per heavy atom. The maximum atomic E-state index is 4.25. The average molecular weight is 153 g/mol. The van der Waals surface area contributed by atoms with E-state index in [1.807, 2.05) is 31.5 Å². The first-order chi connectivity index (χ1) is 5.25. The molecular formula is C8H15N3. The zero-order valence-corrected chi connectivity index (χ0v) is 7.41. The van der Waals surface area contributed by atoms with Gasteiger partial charge in [0.2, 0.25) is 0 Å². The van der Waals surface area contributed by atoms with E-state index in [0.717, 1.165) is 18.7 Å². The Labute approximate surface area is 67.6 Å². The first kappa shape index (κ1) is 8.11. The van der Waals surface area contributed by atoms with Crippen molar-refractivity contribution in [2.45, 2.75) is 19.8 Å². The van der Waals surface area contributed by atoms with E-state index in [1.165, 1.54) is 0 Å². The Kier molecular flexibility index (Phi) is 2.52. The molecule has 3 heteroatoms. The minimum atomic E-state index is 1.05. The first-order valence-electron chi connectivity index (χ1n) is 3.95. The van der Waals surface area contributed by atoms with Crippen molar-refractivity contribution < 1.29 is 0 Å². The van der Waals surface area contributed by atoms with Crippen LogP contribution in [0, 0.1) is 0 Å². The molecule has 3 nitrogen and oxygen atoms in total. The number of hydrogen-bond donors (Lipinski definition) is 0. The van der Waals surface area contributed by atoms with Gasteiger partial charge >= 0.3 is 0 Å². The van der Waals surface area contributed by atoms with Gasteiger partial charge in [-0.1, -0.05) is 6.92 Å². The van der Waals surface area contributed by atoms with Crippen LogP contribution in [0.5, 0.6) is 0 Å². The first-order valence-corrected chi connectivity index (χ1v) is 3.95. The molecule has 0 amide bonds. The zero-order valence-electron chi connectivity index (χ0n) is 7.41. The van der Waals surface area contributed by atoms with Crippen LogP contribution < -0.4 is 5.01 Å². The highest BCUT2D eigenvalue weighted by Crippen LogP contribution is 1.99. The van der Waals surface area contributed by atoms with Gasteiger partial charge in [-0.3, -0.25) is 4.68 Å². The van der Waals surface area contributed by atoms with Crippen LogP contribution in [0.3, 0.4) is 0 Å². The summed E-state index contributed by atoms with van der Waals surface area (Å²) in [6, 6.07) is 0. The third-order valence-electron chi connectivity index (χ3n) is 1.60. The molecule has 1 aromatic heterocycles. The normalized spacial score (nSPS) is 10.1. The van der Waals surface area contributed by atoms with Crippen molar-refractivity contribution in [2.24, 2.45) is 0 Å². The molecule has 0 aromatic carbocycles. The standard InChI is InChI=1S/C8H15N3/c1-4-5-8-9-6-7-11(8)10(2)3/h6-7H,4-5H2,1-3H3. The second-order valence-corrected chi connectivity index (χ2v) is 2.79. The lowest BCUT2D eigenvalue weighted by Crippen LogP contribution is -2.26. The van der Waals surface area contributed by atoms with Crippen molar-refractivity contribution in [1.82, 2.24) is 9.66 Å². The van der Waals surface area contributed by atoms with Crippen LogP contribution in [0.2, 0.25) is 0 Å². The fraction of sp³-hybridized carbons (Fsp3) is 0.625. The number of nitrogens with zero attached hydrogens (tertiary/aromatic N) is 3. The molecule has 0 spiro atoms. The lowest BCUT2D eigenvalue weighted by atomic mass is 10.3. The van der Waals surface area contributed by atoms with Gasteiger partial charge in [-0.2, -0.15) is 0 Å². The summed E-state index contributed by atoms with van der Waals surface area (Å²) in [6.45, 7) is 2.16. The molecule has 0 aliphatic rings. The number of aryl methyl sites for hydroxylation is 1. The fourth-order valence-electron chi connectivity index (χ4n) is 1.09. The summed E-state index contributed by atoms with van der Waals surface area (Å²) in [6.07, 6.45) is 6.01. The molecule has 1 rings (SSSR count). The second kappa shape index (κ2) is 3.42. The Bertz CT molecular complexity index is 215. The Balaban J connectivity index is 2.78. The van der Waals surface area contributed by atoms with Crippen LogP contribution in [-0.4, -0.2) is 23.8 Å². The topological polar surface area (TPSA) is 21.1 Å². The lowest BCUT2D eigenvalue weighted by Gasteiger charge is -2.16. The highest BCUT2D eigenvalue weighted by Gasteiger charge is 2.00. The molecule has 0 saturated carbocycles. The lowest BCUT2D eigenvalue weighted by molar-refractivity contribution is 0.665. The van der Waals surface area contributed by atoms with Gasteiger partial charge in [0, 0.05) is 32.9 Å². The molecule has 0 fully saturated rings. The number of aromatic nitrogens is 2. The minimum absolute atomic E-state index is 1.05. The van der Waals surface area contributed by atoms with E-state index < -0.39 is 0 Å². The van der Waals surface area contributed by atoms with Crippen molar-refractivity contribution >= 4 is 0 Å². The molecule has 0 radical (unpaired) electrons. The largest absolute Gasteiger partial charge is 0.318 e. The molecule has 1 aromatic rings. The highest BCUT2D eigenvalue weighted by atomic mass is 15.5. The van der Waals surface area contributed by atoms with Crippen molar-refractivity contribution in [3.05, 3.63) is 18.2 Å². The van der Waals surface area contributed by atoms with Gasteiger partial charge in [-0.25, -0.2) is 4.98 Å². The molecule has 0 bridgehead atoms. The van der Waals surface area contributed by atoms with Gasteiger partial charge in [0.05, 0.1) is 0 Å². The number of hydrogen-bond acceptors (Lipinski definition) is 2. The predicted octanol–water partition coefficient (Wildman–Crippen LogP) is 1.03. The molecule has 62 valence electrons.